The normalized spacial score (nSPS) is 10.8. The van der Waals surface area contributed by atoms with Crippen molar-refractivity contribution < 1.29 is 9.21 Å². The van der Waals surface area contributed by atoms with Gasteiger partial charge in [-0.05, 0) is 50.9 Å². The zero-order valence-electron chi connectivity index (χ0n) is 10.5. The molecule has 0 aliphatic heterocycles. The van der Waals surface area contributed by atoms with Crippen LogP contribution in [0, 0.1) is 6.92 Å². The minimum Gasteiger partial charge on any atom is -0.447 e. The van der Waals surface area contributed by atoms with Crippen molar-refractivity contribution in [3.63, 3.8) is 0 Å². The third-order valence-corrected chi connectivity index (χ3v) is 4.04. The van der Waals surface area contributed by atoms with Crippen molar-refractivity contribution >= 4 is 49.8 Å². The molecule has 0 aliphatic rings. The van der Waals surface area contributed by atoms with E-state index in [1.165, 1.54) is 6.21 Å². The lowest BCUT2D eigenvalue weighted by Crippen LogP contribution is -2.24. The van der Waals surface area contributed by atoms with Crippen LogP contribution in [-0.4, -0.2) is 12.2 Å². The Labute approximate surface area is 132 Å². The van der Waals surface area contributed by atoms with E-state index in [1.54, 1.807) is 6.07 Å². The van der Waals surface area contributed by atoms with Gasteiger partial charge in [-0.1, -0.05) is 17.7 Å². The number of furan rings is 1. The molecule has 0 atom stereocenters. The highest BCUT2D eigenvalue weighted by atomic mass is 79.9. The van der Waals surface area contributed by atoms with Gasteiger partial charge in [-0.2, -0.15) is 5.10 Å². The SMILES string of the molecule is Cc1ccc(NC(=O)N/N=C/c2cc(Br)c(Br)o2)cc1. The fourth-order valence-electron chi connectivity index (χ4n) is 1.38. The number of nitrogens with one attached hydrogen (secondary N) is 2. The van der Waals surface area contributed by atoms with Crippen LogP contribution in [-0.2, 0) is 0 Å². The van der Waals surface area contributed by atoms with Crippen LogP contribution in [0.25, 0.3) is 0 Å². The molecule has 5 nitrogen and oxygen atoms in total. The molecule has 0 unspecified atom stereocenters. The first kappa shape index (κ1) is 14.8. The second kappa shape index (κ2) is 6.71. The van der Waals surface area contributed by atoms with Crippen molar-refractivity contribution in [1.82, 2.24) is 5.43 Å². The molecule has 2 N–H and O–H groups in total. The number of hydrazone groups is 1. The lowest BCUT2D eigenvalue weighted by molar-refractivity contribution is 0.252. The van der Waals surface area contributed by atoms with Gasteiger partial charge in [0.25, 0.3) is 0 Å². The van der Waals surface area contributed by atoms with Gasteiger partial charge in [-0.3, -0.25) is 0 Å². The highest BCUT2D eigenvalue weighted by molar-refractivity contribution is 9.13. The number of urea groups is 1. The van der Waals surface area contributed by atoms with Crippen molar-refractivity contribution in [1.29, 1.82) is 0 Å². The monoisotopic (exact) mass is 399 g/mol. The second-order valence-corrected chi connectivity index (χ2v) is 5.54. The predicted molar refractivity (Wildman–Crippen MR) is 85.0 cm³/mol. The third kappa shape index (κ3) is 4.21. The maximum atomic E-state index is 11.6. The van der Waals surface area contributed by atoms with Crippen LogP contribution < -0.4 is 10.7 Å². The van der Waals surface area contributed by atoms with Crippen molar-refractivity contribution in [3.05, 3.63) is 50.8 Å². The van der Waals surface area contributed by atoms with Gasteiger partial charge < -0.3 is 9.73 Å². The standard InChI is InChI=1S/C13H11Br2N3O2/c1-8-2-4-9(5-3-8)17-13(19)18-16-7-10-6-11(14)12(15)20-10/h2-7H,1H3,(H2,17,18,19)/b16-7+. The van der Waals surface area contributed by atoms with Gasteiger partial charge in [-0.25, -0.2) is 10.2 Å². The molecule has 2 aromatic rings. The van der Waals surface area contributed by atoms with Crippen molar-refractivity contribution in [2.45, 2.75) is 6.92 Å². The number of benzene rings is 1. The summed E-state index contributed by atoms with van der Waals surface area (Å²) in [5.41, 5.74) is 4.18. The highest BCUT2D eigenvalue weighted by Crippen LogP contribution is 2.25. The lowest BCUT2D eigenvalue weighted by atomic mass is 10.2. The molecule has 1 aromatic heterocycles. The van der Waals surface area contributed by atoms with Crippen LogP contribution >= 0.6 is 31.9 Å². The van der Waals surface area contributed by atoms with Crippen LogP contribution in [0.3, 0.4) is 0 Å². The van der Waals surface area contributed by atoms with Crippen LogP contribution in [0.4, 0.5) is 10.5 Å². The Balaban J connectivity index is 1.87. The highest BCUT2D eigenvalue weighted by Gasteiger charge is 2.04. The van der Waals surface area contributed by atoms with E-state index in [4.69, 9.17) is 4.42 Å². The Hall–Kier alpha value is -1.60. The maximum absolute atomic E-state index is 11.6. The summed E-state index contributed by atoms with van der Waals surface area (Å²) in [5.74, 6) is 0.513. The fraction of sp³-hybridized carbons (Fsp3) is 0.0769. The molecule has 20 heavy (non-hydrogen) atoms. The molecule has 1 heterocycles. The van der Waals surface area contributed by atoms with E-state index in [1.807, 2.05) is 31.2 Å². The van der Waals surface area contributed by atoms with Gasteiger partial charge in [-0.15, -0.1) is 0 Å². The molecule has 2 amide bonds. The van der Waals surface area contributed by atoms with Gasteiger partial charge >= 0.3 is 6.03 Å². The molecule has 1 aromatic carbocycles. The second-order valence-electron chi connectivity index (χ2n) is 3.96. The Bertz CT molecular complexity index is 616. The Kier molecular flexibility index (Phi) is 4.97. The number of halogens is 2. The van der Waals surface area contributed by atoms with E-state index in [0.717, 1.165) is 10.0 Å². The molecular weight excluding hydrogens is 390 g/mol. The Morgan fingerprint density at radius 3 is 2.60 bits per heavy atom. The van der Waals surface area contributed by atoms with Crippen molar-refractivity contribution in [2.75, 3.05) is 5.32 Å². The summed E-state index contributed by atoms with van der Waals surface area (Å²) < 4.78 is 6.63. The van der Waals surface area contributed by atoms with E-state index >= 15 is 0 Å². The summed E-state index contributed by atoms with van der Waals surface area (Å²) in [7, 11) is 0. The molecule has 0 aliphatic carbocycles. The number of anilines is 1. The predicted octanol–water partition coefficient (Wildman–Crippen LogP) is 4.27. The van der Waals surface area contributed by atoms with E-state index in [0.29, 0.717) is 16.1 Å². The number of rotatable bonds is 3. The molecule has 0 spiro atoms. The number of hydrogen-bond acceptors (Lipinski definition) is 3. The third-order valence-electron chi connectivity index (χ3n) is 2.33. The fourth-order valence-corrected chi connectivity index (χ4v) is 1.99. The Morgan fingerprint density at radius 2 is 2.00 bits per heavy atom. The van der Waals surface area contributed by atoms with Gasteiger partial charge in [0.2, 0.25) is 0 Å². The van der Waals surface area contributed by atoms with Crippen LogP contribution in [0.2, 0.25) is 0 Å². The molecule has 0 saturated carbocycles. The largest absolute Gasteiger partial charge is 0.447 e. The molecule has 104 valence electrons. The number of carbonyl (C=O) groups is 1. The zero-order chi connectivity index (χ0) is 14.5. The quantitative estimate of drug-likeness (QED) is 0.596. The van der Waals surface area contributed by atoms with Gasteiger partial charge in [0.05, 0.1) is 10.7 Å². The molecule has 0 radical (unpaired) electrons. The minimum absolute atomic E-state index is 0.421. The summed E-state index contributed by atoms with van der Waals surface area (Å²) in [6, 6.07) is 8.77. The number of aryl methyl sites for hydroxylation is 1. The van der Waals surface area contributed by atoms with Gasteiger partial charge in [0.15, 0.2) is 4.67 Å². The molecule has 0 fully saturated rings. The van der Waals surface area contributed by atoms with Gasteiger partial charge in [0.1, 0.15) is 5.76 Å². The van der Waals surface area contributed by atoms with E-state index in [2.05, 4.69) is 47.7 Å². The summed E-state index contributed by atoms with van der Waals surface area (Å²) in [4.78, 5) is 11.6. The molecular formula is C13H11Br2N3O2. The lowest BCUT2D eigenvalue weighted by Gasteiger charge is -2.03. The number of carbonyl (C=O) groups excluding carboxylic acids is 1. The first-order valence-corrected chi connectivity index (χ1v) is 7.25. The number of amides is 2. The summed E-state index contributed by atoms with van der Waals surface area (Å²) in [6.45, 7) is 1.98. The number of hydrogen-bond donors (Lipinski definition) is 2. The average molecular weight is 401 g/mol. The molecule has 0 bridgehead atoms. The molecule has 2 rings (SSSR count). The minimum atomic E-state index is -0.421. The topological polar surface area (TPSA) is 66.6 Å². The van der Waals surface area contributed by atoms with Crippen molar-refractivity contribution in [2.24, 2.45) is 5.10 Å². The number of nitrogens with zero attached hydrogens (tertiary/aromatic N) is 1. The van der Waals surface area contributed by atoms with E-state index in [9.17, 15) is 4.79 Å². The van der Waals surface area contributed by atoms with E-state index < -0.39 is 6.03 Å². The first-order valence-electron chi connectivity index (χ1n) is 5.66. The average Bonchev–Trinajstić information content (AvgIpc) is 2.71. The maximum Gasteiger partial charge on any atom is 0.339 e. The molecule has 7 heteroatoms. The van der Waals surface area contributed by atoms with Crippen LogP contribution in [0.1, 0.15) is 11.3 Å². The van der Waals surface area contributed by atoms with Crippen molar-refractivity contribution in [3.8, 4) is 0 Å². The van der Waals surface area contributed by atoms with Crippen LogP contribution in [0.15, 0.2) is 49.0 Å². The smallest absolute Gasteiger partial charge is 0.339 e. The first-order chi connectivity index (χ1) is 9.54. The van der Waals surface area contributed by atoms with Gasteiger partial charge in [0, 0.05) is 11.8 Å². The van der Waals surface area contributed by atoms with E-state index in [-0.39, 0.29) is 0 Å². The zero-order valence-corrected chi connectivity index (χ0v) is 13.7. The Morgan fingerprint density at radius 1 is 1.30 bits per heavy atom. The summed E-state index contributed by atoms with van der Waals surface area (Å²) in [5, 5.41) is 6.45. The van der Waals surface area contributed by atoms with Crippen LogP contribution in [0.5, 0.6) is 0 Å². The summed E-state index contributed by atoms with van der Waals surface area (Å²) >= 11 is 6.50. The molecule has 0 saturated heterocycles. The summed E-state index contributed by atoms with van der Waals surface area (Å²) in [6.07, 6.45) is 1.41.